The average Bonchev–Trinajstić information content (AvgIpc) is 2.87. The summed E-state index contributed by atoms with van der Waals surface area (Å²) in [4.78, 5) is 13.8. The summed E-state index contributed by atoms with van der Waals surface area (Å²) in [6.45, 7) is 12.3. The van der Waals surface area contributed by atoms with Crippen LogP contribution in [0.5, 0.6) is 0 Å². The van der Waals surface area contributed by atoms with E-state index in [1.165, 1.54) is 32.7 Å². The minimum absolute atomic E-state index is 0.885. The zero-order valence-electron chi connectivity index (χ0n) is 14.4. The molecule has 0 spiro atoms. The highest BCUT2D eigenvalue weighted by Gasteiger charge is 2.15. The van der Waals surface area contributed by atoms with Crippen molar-refractivity contribution < 1.29 is 0 Å². The van der Waals surface area contributed by atoms with E-state index in [1.54, 1.807) is 6.33 Å². The number of aromatic nitrogens is 4. The summed E-state index contributed by atoms with van der Waals surface area (Å²) >= 11 is 0. The minimum Gasteiger partial charge on any atom is -0.369 e. The molecule has 0 bridgehead atoms. The largest absolute Gasteiger partial charge is 0.369 e. The van der Waals surface area contributed by atoms with Crippen molar-refractivity contribution in [3.8, 4) is 0 Å². The van der Waals surface area contributed by atoms with Crippen LogP contribution in [-0.2, 0) is 7.05 Å². The first-order valence-corrected chi connectivity index (χ1v) is 8.52. The Morgan fingerprint density at radius 3 is 2.61 bits per heavy atom. The highest BCUT2D eigenvalue weighted by molar-refractivity contribution is 5.88. The molecule has 7 heteroatoms. The van der Waals surface area contributed by atoms with Gasteiger partial charge < -0.3 is 15.1 Å². The SMILES string of the molecule is CCN1CCN(CCCNc2ncnc3c2c(C)nn3C)CC1. The highest BCUT2D eigenvalue weighted by Crippen LogP contribution is 2.21. The van der Waals surface area contributed by atoms with Gasteiger partial charge in [0.2, 0.25) is 0 Å². The molecule has 7 nitrogen and oxygen atoms in total. The molecule has 1 fully saturated rings. The van der Waals surface area contributed by atoms with Crippen LogP contribution in [0.3, 0.4) is 0 Å². The molecule has 1 aliphatic rings. The van der Waals surface area contributed by atoms with Gasteiger partial charge in [-0.2, -0.15) is 5.10 Å². The summed E-state index contributed by atoms with van der Waals surface area (Å²) in [6, 6.07) is 0. The lowest BCUT2D eigenvalue weighted by atomic mass is 10.2. The monoisotopic (exact) mass is 317 g/mol. The van der Waals surface area contributed by atoms with Crippen LogP contribution in [0.1, 0.15) is 19.0 Å². The van der Waals surface area contributed by atoms with Gasteiger partial charge in [0.25, 0.3) is 0 Å². The Morgan fingerprint density at radius 2 is 1.87 bits per heavy atom. The molecule has 2 aromatic heterocycles. The second-order valence-electron chi connectivity index (χ2n) is 6.19. The van der Waals surface area contributed by atoms with Gasteiger partial charge in [0.05, 0.1) is 11.1 Å². The molecule has 1 saturated heterocycles. The topological polar surface area (TPSA) is 62.1 Å². The quantitative estimate of drug-likeness (QED) is 0.806. The summed E-state index contributed by atoms with van der Waals surface area (Å²) in [6.07, 6.45) is 2.73. The van der Waals surface area contributed by atoms with Gasteiger partial charge in [-0.05, 0) is 26.4 Å². The maximum absolute atomic E-state index is 4.43. The fraction of sp³-hybridized carbons (Fsp3) is 0.688. The van der Waals surface area contributed by atoms with E-state index in [9.17, 15) is 0 Å². The van der Waals surface area contributed by atoms with Crippen LogP contribution in [0, 0.1) is 6.92 Å². The average molecular weight is 317 g/mol. The van der Waals surface area contributed by atoms with Crippen LogP contribution in [0.25, 0.3) is 11.0 Å². The van der Waals surface area contributed by atoms with E-state index in [0.717, 1.165) is 42.1 Å². The van der Waals surface area contributed by atoms with Gasteiger partial charge in [-0.1, -0.05) is 6.92 Å². The van der Waals surface area contributed by atoms with E-state index in [1.807, 2.05) is 18.7 Å². The first-order valence-electron chi connectivity index (χ1n) is 8.52. The summed E-state index contributed by atoms with van der Waals surface area (Å²) < 4.78 is 1.81. The first kappa shape index (κ1) is 16.1. The van der Waals surface area contributed by atoms with Crippen molar-refractivity contribution >= 4 is 16.9 Å². The van der Waals surface area contributed by atoms with Gasteiger partial charge in [0.15, 0.2) is 5.65 Å². The maximum Gasteiger partial charge on any atom is 0.163 e. The van der Waals surface area contributed by atoms with Crippen molar-refractivity contribution in [3.05, 3.63) is 12.0 Å². The van der Waals surface area contributed by atoms with Crippen LogP contribution in [-0.4, -0.2) is 75.4 Å². The van der Waals surface area contributed by atoms with Gasteiger partial charge in [0, 0.05) is 39.8 Å². The number of rotatable bonds is 6. The summed E-state index contributed by atoms with van der Waals surface area (Å²) in [5, 5.41) is 8.92. The number of aryl methyl sites for hydroxylation is 2. The molecule has 0 radical (unpaired) electrons. The van der Waals surface area contributed by atoms with E-state index in [2.05, 4.69) is 37.1 Å². The van der Waals surface area contributed by atoms with Gasteiger partial charge in [0.1, 0.15) is 12.1 Å². The Labute approximate surface area is 137 Å². The molecule has 1 N–H and O–H groups in total. The molecule has 3 rings (SSSR count). The zero-order valence-corrected chi connectivity index (χ0v) is 14.4. The highest BCUT2D eigenvalue weighted by atomic mass is 15.3. The van der Waals surface area contributed by atoms with E-state index in [0.29, 0.717) is 0 Å². The van der Waals surface area contributed by atoms with Gasteiger partial charge in [-0.25, -0.2) is 9.97 Å². The fourth-order valence-electron chi connectivity index (χ4n) is 3.25. The Balaban J connectivity index is 1.50. The smallest absolute Gasteiger partial charge is 0.163 e. The number of nitrogens with zero attached hydrogens (tertiary/aromatic N) is 6. The number of hydrogen-bond acceptors (Lipinski definition) is 6. The molecule has 0 aliphatic carbocycles. The van der Waals surface area contributed by atoms with Crippen molar-refractivity contribution in [2.24, 2.45) is 7.05 Å². The third-order valence-corrected chi connectivity index (χ3v) is 4.65. The molecule has 0 saturated carbocycles. The standard InChI is InChI=1S/C16H27N7/c1-4-22-8-10-23(11-9-22)7-5-6-17-15-14-13(2)20-21(3)16(14)19-12-18-15/h12H,4-11H2,1-3H3,(H,17,18,19). The minimum atomic E-state index is 0.885. The Morgan fingerprint density at radius 1 is 1.13 bits per heavy atom. The lowest BCUT2D eigenvalue weighted by Crippen LogP contribution is -2.46. The number of nitrogens with one attached hydrogen (secondary N) is 1. The van der Waals surface area contributed by atoms with Crippen molar-refractivity contribution in [1.82, 2.24) is 29.5 Å². The summed E-state index contributed by atoms with van der Waals surface area (Å²) in [5.41, 5.74) is 1.86. The molecule has 23 heavy (non-hydrogen) atoms. The van der Waals surface area contributed by atoms with E-state index in [4.69, 9.17) is 0 Å². The predicted molar refractivity (Wildman–Crippen MR) is 92.7 cm³/mol. The number of piperazine rings is 1. The van der Waals surface area contributed by atoms with Crippen LogP contribution < -0.4 is 5.32 Å². The summed E-state index contributed by atoms with van der Waals surface area (Å²) in [5.74, 6) is 0.899. The molecule has 0 atom stereocenters. The third kappa shape index (κ3) is 3.61. The Hall–Kier alpha value is -1.73. The van der Waals surface area contributed by atoms with Crippen molar-refractivity contribution in [2.45, 2.75) is 20.3 Å². The van der Waals surface area contributed by atoms with Crippen molar-refractivity contribution in [3.63, 3.8) is 0 Å². The van der Waals surface area contributed by atoms with Crippen LogP contribution in [0.4, 0.5) is 5.82 Å². The molecular formula is C16H27N7. The molecule has 0 amide bonds. The molecule has 2 aromatic rings. The zero-order chi connectivity index (χ0) is 16.2. The van der Waals surface area contributed by atoms with Crippen LogP contribution in [0.2, 0.25) is 0 Å². The Bertz CT molecular complexity index is 643. The van der Waals surface area contributed by atoms with Crippen molar-refractivity contribution in [2.75, 3.05) is 51.1 Å². The molecule has 1 aliphatic heterocycles. The fourth-order valence-corrected chi connectivity index (χ4v) is 3.25. The molecule has 126 valence electrons. The lowest BCUT2D eigenvalue weighted by Gasteiger charge is -2.33. The molecule has 0 aromatic carbocycles. The number of fused-ring (bicyclic) bond motifs is 1. The van der Waals surface area contributed by atoms with Gasteiger partial charge in [-0.15, -0.1) is 0 Å². The number of hydrogen-bond donors (Lipinski definition) is 1. The molecule has 0 unspecified atom stereocenters. The Kier molecular flexibility index (Phi) is 5.07. The van der Waals surface area contributed by atoms with Gasteiger partial charge >= 0.3 is 0 Å². The molecular weight excluding hydrogens is 290 g/mol. The van der Waals surface area contributed by atoms with Gasteiger partial charge in [-0.3, -0.25) is 4.68 Å². The second-order valence-corrected chi connectivity index (χ2v) is 6.19. The maximum atomic E-state index is 4.43. The van der Waals surface area contributed by atoms with Crippen LogP contribution >= 0.6 is 0 Å². The van der Waals surface area contributed by atoms with Crippen molar-refractivity contribution in [1.29, 1.82) is 0 Å². The lowest BCUT2D eigenvalue weighted by molar-refractivity contribution is 0.137. The van der Waals surface area contributed by atoms with E-state index < -0.39 is 0 Å². The van der Waals surface area contributed by atoms with E-state index in [-0.39, 0.29) is 0 Å². The summed E-state index contributed by atoms with van der Waals surface area (Å²) in [7, 11) is 1.92. The third-order valence-electron chi connectivity index (χ3n) is 4.65. The number of anilines is 1. The first-order chi connectivity index (χ1) is 11.2. The number of likely N-dealkylation sites (N-methyl/N-ethyl adjacent to an activating group) is 1. The normalized spacial score (nSPS) is 17.0. The second kappa shape index (κ2) is 7.23. The predicted octanol–water partition coefficient (Wildman–Crippen LogP) is 1.11. The van der Waals surface area contributed by atoms with E-state index >= 15 is 0 Å². The molecule has 3 heterocycles. The van der Waals surface area contributed by atoms with Crippen LogP contribution in [0.15, 0.2) is 6.33 Å².